The van der Waals surface area contributed by atoms with Crippen LogP contribution in [-0.2, 0) is 0 Å². The van der Waals surface area contributed by atoms with Gasteiger partial charge in [-0.05, 0) is 24.3 Å². The van der Waals surface area contributed by atoms with Crippen LogP contribution >= 0.6 is 24.0 Å². The molecule has 134 valence electrons. The van der Waals surface area contributed by atoms with Crippen LogP contribution in [0.4, 0.5) is 15.5 Å². The minimum absolute atomic E-state index is 0.0112. The van der Waals surface area contributed by atoms with Crippen molar-refractivity contribution in [2.75, 3.05) is 6.54 Å². The van der Waals surface area contributed by atoms with Crippen molar-refractivity contribution in [1.82, 2.24) is 19.9 Å². The van der Waals surface area contributed by atoms with Crippen LogP contribution in [0, 0.1) is 20.2 Å². The van der Waals surface area contributed by atoms with Gasteiger partial charge >= 0.3 is 11.0 Å². The molecule has 0 saturated heterocycles. The van der Waals surface area contributed by atoms with Crippen LogP contribution in [-0.4, -0.2) is 37.0 Å². The molecule has 0 fully saturated rings. The Labute approximate surface area is 154 Å². The maximum atomic E-state index is 12.5. The Balaban J connectivity index is 2.30. The van der Waals surface area contributed by atoms with Crippen LogP contribution in [0.15, 0.2) is 23.2 Å². The molecule has 11 nitrogen and oxygen atoms in total. The van der Waals surface area contributed by atoms with Crippen molar-refractivity contribution in [3.8, 4) is 10.8 Å². The lowest BCUT2D eigenvalue weighted by atomic mass is 10.3. The molecule has 0 bridgehead atoms. The summed E-state index contributed by atoms with van der Waals surface area (Å²) in [5.41, 5.74) is 0.138. The van der Waals surface area contributed by atoms with E-state index in [1.165, 1.54) is 16.7 Å². The third kappa shape index (κ3) is 2.86. The zero-order chi connectivity index (χ0) is 19.0. The molecule has 26 heavy (non-hydrogen) atoms. The number of thiol groups is 1. The number of nitro groups is 2. The molecule has 3 aromatic rings. The van der Waals surface area contributed by atoms with Gasteiger partial charge in [0.15, 0.2) is 10.8 Å². The number of carbonyl (C=O) groups excluding carboxylic acids is 1. The maximum absolute atomic E-state index is 12.5. The molecule has 0 aliphatic rings. The predicted molar refractivity (Wildman–Crippen MR) is 95.9 cm³/mol. The average Bonchev–Trinajstić information content (AvgIpc) is 3.20. The second-order valence-electron chi connectivity index (χ2n) is 4.93. The second-order valence-corrected chi connectivity index (χ2v) is 6.38. The molecule has 2 heterocycles. The summed E-state index contributed by atoms with van der Waals surface area (Å²) in [7, 11) is 0. The normalized spacial score (nSPS) is 10.8. The van der Waals surface area contributed by atoms with Gasteiger partial charge in [0, 0.05) is 12.6 Å². The Kier molecular flexibility index (Phi) is 4.56. The van der Waals surface area contributed by atoms with E-state index in [0.29, 0.717) is 6.54 Å². The SMILES string of the molecule is CCNC(=O)n1c(-c2ncc([N+](=O)[O-])s2)nc2c(S)c([N+](=O)[O-])ccc21. The Morgan fingerprint density at radius 1 is 1.35 bits per heavy atom. The maximum Gasteiger partial charge on any atom is 0.344 e. The molecule has 3 rings (SSSR count). The zero-order valence-electron chi connectivity index (χ0n) is 13.1. The van der Waals surface area contributed by atoms with Crippen LogP contribution in [0.25, 0.3) is 21.9 Å². The monoisotopic (exact) mass is 394 g/mol. The summed E-state index contributed by atoms with van der Waals surface area (Å²) in [6.45, 7) is 2.05. The van der Waals surface area contributed by atoms with Crippen LogP contribution in [0.5, 0.6) is 0 Å². The topological polar surface area (TPSA) is 146 Å². The molecule has 2 aromatic heterocycles. The lowest BCUT2D eigenvalue weighted by Gasteiger charge is -2.06. The van der Waals surface area contributed by atoms with Crippen LogP contribution < -0.4 is 5.32 Å². The molecule has 1 aromatic carbocycles. The largest absolute Gasteiger partial charge is 0.344 e. The molecule has 1 amide bonds. The molecular formula is C13H10N6O5S2. The van der Waals surface area contributed by atoms with Crippen molar-refractivity contribution in [3.05, 3.63) is 38.6 Å². The van der Waals surface area contributed by atoms with Crippen molar-refractivity contribution in [2.45, 2.75) is 11.8 Å². The lowest BCUT2D eigenvalue weighted by Crippen LogP contribution is -2.28. The Hall–Kier alpha value is -3.06. The third-order valence-corrected chi connectivity index (χ3v) is 4.76. The minimum atomic E-state index is -0.610. The highest BCUT2D eigenvalue weighted by Crippen LogP contribution is 2.36. The van der Waals surface area contributed by atoms with Crippen molar-refractivity contribution in [3.63, 3.8) is 0 Å². The summed E-state index contributed by atoms with van der Waals surface area (Å²) in [4.78, 5) is 41.4. The van der Waals surface area contributed by atoms with Gasteiger partial charge in [-0.15, -0.1) is 12.6 Å². The highest BCUT2D eigenvalue weighted by Gasteiger charge is 2.26. The molecule has 13 heteroatoms. The van der Waals surface area contributed by atoms with Gasteiger partial charge in [-0.3, -0.25) is 20.2 Å². The summed E-state index contributed by atoms with van der Waals surface area (Å²) >= 11 is 4.90. The fourth-order valence-corrected chi connectivity index (χ4v) is 3.33. The van der Waals surface area contributed by atoms with E-state index in [0.717, 1.165) is 17.5 Å². The number of rotatable bonds is 4. The number of imidazole rings is 1. The first-order valence-electron chi connectivity index (χ1n) is 7.12. The van der Waals surface area contributed by atoms with E-state index < -0.39 is 15.9 Å². The standard InChI is InChI=1S/C13H10N6O5S2/c1-2-14-13(20)17-6-3-4-7(18(21)22)10(25)9(6)16-11(17)12-15-5-8(26-12)19(23)24/h3-5,25H,2H2,1H3,(H,14,20). The molecule has 1 N–H and O–H groups in total. The Bertz CT molecular complexity index is 1060. The summed E-state index contributed by atoms with van der Waals surface area (Å²) in [6, 6.07) is 2.06. The van der Waals surface area contributed by atoms with Gasteiger partial charge in [-0.2, -0.15) is 0 Å². The number of benzene rings is 1. The molecule has 0 saturated carbocycles. The highest BCUT2D eigenvalue weighted by molar-refractivity contribution is 7.80. The third-order valence-electron chi connectivity index (χ3n) is 3.37. The van der Waals surface area contributed by atoms with E-state index in [4.69, 9.17) is 0 Å². The first-order valence-corrected chi connectivity index (χ1v) is 8.39. The number of nitrogens with zero attached hydrogens (tertiary/aromatic N) is 5. The number of nitro benzene ring substituents is 1. The lowest BCUT2D eigenvalue weighted by molar-refractivity contribution is -0.387. The van der Waals surface area contributed by atoms with Gasteiger partial charge in [0.1, 0.15) is 16.6 Å². The minimum Gasteiger partial charge on any atom is -0.338 e. The molecule has 0 unspecified atom stereocenters. The quantitative estimate of drug-likeness (QED) is 0.393. The molecule has 0 aliphatic carbocycles. The van der Waals surface area contributed by atoms with Crippen molar-refractivity contribution < 1.29 is 14.6 Å². The number of nitrogens with one attached hydrogen (secondary N) is 1. The molecular weight excluding hydrogens is 384 g/mol. The van der Waals surface area contributed by atoms with Gasteiger partial charge in [0.25, 0.3) is 5.69 Å². The predicted octanol–water partition coefficient (Wildman–Crippen LogP) is 2.84. The first-order chi connectivity index (χ1) is 12.3. The summed E-state index contributed by atoms with van der Waals surface area (Å²) in [5.74, 6) is 0.0415. The Morgan fingerprint density at radius 3 is 2.65 bits per heavy atom. The number of amides is 1. The molecule has 0 spiro atoms. The van der Waals surface area contributed by atoms with E-state index in [1.54, 1.807) is 6.92 Å². The highest BCUT2D eigenvalue weighted by atomic mass is 32.1. The second kappa shape index (κ2) is 6.68. The zero-order valence-corrected chi connectivity index (χ0v) is 14.8. The van der Waals surface area contributed by atoms with Crippen molar-refractivity contribution >= 4 is 51.7 Å². The van der Waals surface area contributed by atoms with Crippen molar-refractivity contribution in [1.29, 1.82) is 0 Å². The van der Waals surface area contributed by atoms with E-state index in [2.05, 4.69) is 27.9 Å². The van der Waals surface area contributed by atoms with Crippen LogP contribution in [0.2, 0.25) is 0 Å². The average molecular weight is 394 g/mol. The van der Waals surface area contributed by atoms with Gasteiger partial charge in [-0.1, -0.05) is 0 Å². The number of aromatic nitrogens is 3. The number of hydrogen-bond acceptors (Lipinski definition) is 9. The molecule has 0 aliphatic heterocycles. The summed E-state index contributed by atoms with van der Waals surface area (Å²) in [6.07, 6.45) is 1.06. The van der Waals surface area contributed by atoms with Crippen LogP contribution in [0.3, 0.4) is 0 Å². The van der Waals surface area contributed by atoms with E-state index in [1.807, 2.05) is 0 Å². The molecule has 0 radical (unpaired) electrons. The van der Waals surface area contributed by atoms with E-state index in [9.17, 15) is 25.0 Å². The van der Waals surface area contributed by atoms with E-state index >= 15 is 0 Å². The number of fused-ring (bicyclic) bond motifs is 1. The fourth-order valence-electron chi connectivity index (χ4n) is 2.30. The smallest absolute Gasteiger partial charge is 0.338 e. The Morgan fingerprint density at radius 2 is 2.08 bits per heavy atom. The fraction of sp³-hybridized carbons (Fsp3) is 0.154. The van der Waals surface area contributed by atoms with Gasteiger partial charge < -0.3 is 5.32 Å². The summed E-state index contributed by atoms with van der Waals surface area (Å²) in [5, 5.41) is 24.5. The first kappa shape index (κ1) is 17.8. The summed E-state index contributed by atoms with van der Waals surface area (Å²) < 4.78 is 1.17. The van der Waals surface area contributed by atoms with Gasteiger partial charge in [0.05, 0.1) is 15.4 Å². The van der Waals surface area contributed by atoms with Gasteiger partial charge in [-0.25, -0.2) is 19.3 Å². The molecule has 0 atom stereocenters. The van der Waals surface area contributed by atoms with Gasteiger partial charge in [0.2, 0.25) is 0 Å². The number of thiazole rings is 1. The number of carbonyl (C=O) groups is 1. The number of hydrogen-bond donors (Lipinski definition) is 2. The van der Waals surface area contributed by atoms with E-state index in [-0.39, 0.29) is 37.4 Å². The van der Waals surface area contributed by atoms with Crippen LogP contribution in [0.1, 0.15) is 6.92 Å². The van der Waals surface area contributed by atoms with Crippen molar-refractivity contribution in [2.24, 2.45) is 0 Å².